The van der Waals surface area contributed by atoms with Gasteiger partial charge >= 0.3 is 5.97 Å². The van der Waals surface area contributed by atoms with Gasteiger partial charge in [0.05, 0.1) is 0 Å². The van der Waals surface area contributed by atoms with Crippen LogP contribution in [0.4, 0.5) is 5.69 Å². The standard InChI is InChI=1S/C17H16BrNO3S/c1-10-5-6-12(8-13(10)18)19-16(20)9-22-17(21)15-7-11-3-2-4-14(11)23-15/h5-8H,2-4,9H2,1H3,(H,19,20). The first kappa shape index (κ1) is 16.2. The zero-order valence-electron chi connectivity index (χ0n) is 12.6. The van der Waals surface area contributed by atoms with E-state index in [2.05, 4.69) is 21.2 Å². The lowest BCUT2D eigenvalue weighted by atomic mass is 10.2. The quantitative estimate of drug-likeness (QED) is 0.795. The lowest BCUT2D eigenvalue weighted by molar-refractivity contribution is -0.119. The summed E-state index contributed by atoms with van der Waals surface area (Å²) in [5.41, 5.74) is 3.00. The average Bonchev–Trinajstić information content (AvgIpc) is 3.10. The molecule has 2 aromatic rings. The molecule has 0 unspecified atom stereocenters. The number of thiophene rings is 1. The first-order valence-electron chi connectivity index (χ1n) is 7.37. The molecule has 6 heteroatoms. The summed E-state index contributed by atoms with van der Waals surface area (Å²) in [6.45, 7) is 1.68. The molecule has 0 spiro atoms. The highest BCUT2D eigenvalue weighted by atomic mass is 79.9. The molecular formula is C17H16BrNO3S. The second-order valence-electron chi connectivity index (χ2n) is 5.50. The van der Waals surface area contributed by atoms with Crippen molar-refractivity contribution in [1.29, 1.82) is 0 Å². The van der Waals surface area contributed by atoms with Gasteiger partial charge in [0.15, 0.2) is 6.61 Å². The average molecular weight is 394 g/mol. The number of hydrogen-bond acceptors (Lipinski definition) is 4. The fourth-order valence-corrected chi connectivity index (χ4v) is 4.03. The van der Waals surface area contributed by atoms with Crippen molar-refractivity contribution in [3.05, 3.63) is 49.6 Å². The van der Waals surface area contributed by atoms with E-state index in [0.717, 1.165) is 29.3 Å². The lowest BCUT2D eigenvalue weighted by Crippen LogP contribution is -2.20. The minimum atomic E-state index is -0.426. The Morgan fingerprint density at radius 2 is 2.13 bits per heavy atom. The minimum absolute atomic E-state index is 0.285. The topological polar surface area (TPSA) is 55.4 Å². The monoisotopic (exact) mass is 393 g/mol. The Morgan fingerprint density at radius 3 is 2.87 bits per heavy atom. The Hall–Kier alpha value is -1.66. The number of fused-ring (bicyclic) bond motifs is 1. The third-order valence-corrected chi connectivity index (χ3v) is 5.81. The van der Waals surface area contributed by atoms with Gasteiger partial charge in [0.25, 0.3) is 5.91 Å². The van der Waals surface area contributed by atoms with Crippen LogP contribution in [-0.4, -0.2) is 18.5 Å². The number of carbonyl (C=O) groups excluding carboxylic acids is 2. The van der Waals surface area contributed by atoms with Crippen molar-refractivity contribution < 1.29 is 14.3 Å². The number of esters is 1. The maximum Gasteiger partial charge on any atom is 0.348 e. The van der Waals surface area contributed by atoms with Gasteiger partial charge in [-0.15, -0.1) is 11.3 Å². The van der Waals surface area contributed by atoms with Crippen LogP contribution < -0.4 is 5.32 Å². The van der Waals surface area contributed by atoms with E-state index in [4.69, 9.17) is 4.74 Å². The Bertz CT molecular complexity index is 748. The van der Waals surface area contributed by atoms with E-state index < -0.39 is 5.97 Å². The van der Waals surface area contributed by atoms with Crippen molar-refractivity contribution in [2.24, 2.45) is 0 Å². The molecule has 0 fully saturated rings. The van der Waals surface area contributed by atoms with Crippen molar-refractivity contribution in [3.8, 4) is 0 Å². The zero-order chi connectivity index (χ0) is 16.4. The summed E-state index contributed by atoms with van der Waals surface area (Å²) in [6, 6.07) is 7.42. The van der Waals surface area contributed by atoms with Gasteiger partial charge in [-0.2, -0.15) is 0 Å². The predicted octanol–water partition coefficient (Wildman–Crippen LogP) is 4.10. The maximum absolute atomic E-state index is 12.0. The summed E-state index contributed by atoms with van der Waals surface area (Å²) in [6.07, 6.45) is 3.23. The predicted molar refractivity (Wildman–Crippen MR) is 94.1 cm³/mol. The first-order chi connectivity index (χ1) is 11.0. The Kier molecular flexibility index (Phi) is 4.82. The summed E-state index contributed by atoms with van der Waals surface area (Å²) < 4.78 is 6.02. The highest BCUT2D eigenvalue weighted by Crippen LogP contribution is 2.30. The molecule has 1 aromatic carbocycles. The number of rotatable bonds is 4. The number of carbonyl (C=O) groups is 2. The second kappa shape index (κ2) is 6.84. The highest BCUT2D eigenvalue weighted by Gasteiger charge is 2.19. The number of halogens is 1. The van der Waals surface area contributed by atoms with Crippen LogP contribution in [0.1, 0.15) is 32.1 Å². The molecule has 1 N–H and O–H groups in total. The van der Waals surface area contributed by atoms with E-state index in [9.17, 15) is 9.59 Å². The third kappa shape index (κ3) is 3.82. The Morgan fingerprint density at radius 1 is 1.30 bits per heavy atom. The number of hydrogen-bond donors (Lipinski definition) is 1. The molecular weight excluding hydrogens is 378 g/mol. The molecule has 1 aromatic heterocycles. The van der Waals surface area contributed by atoms with Crippen molar-refractivity contribution in [3.63, 3.8) is 0 Å². The fraction of sp³-hybridized carbons (Fsp3) is 0.294. The number of benzene rings is 1. The van der Waals surface area contributed by atoms with Crippen LogP contribution in [0.3, 0.4) is 0 Å². The van der Waals surface area contributed by atoms with Crippen LogP contribution in [-0.2, 0) is 22.4 Å². The summed E-state index contributed by atoms with van der Waals surface area (Å²) in [5, 5.41) is 2.71. The van der Waals surface area contributed by atoms with E-state index in [1.165, 1.54) is 21.8 Å². The van der Waals surface area contributed by atoms with Gasteiger partial charge in [-0.25, -0.2) is 4.79 Å². The number of ether oxygens (including phenoxy) is 1. The lowest BCUT2D eigenvalue weighted by Gasteiger charge is -2.07. The SMILES string of the molecule is Cc1ccc(NC(=O)COC(=O)c2cc3c(s2)CCC3)cc1Br. The van der Waals surface area contributed by atoms with Crippen LogP contribution in [0.25, 0.3) is 0 Å². The molecule has 1 amide bonds. The van der Waals surface area contributed by atoms with E-state index >= 15 is 0 Å². The maximum atomic E-state index is 12.0. The normalized spacial score (nSPS) is 12.8. The van der Waals surface area contributed by atoms with Gasteiger partial charge in [0, 0.05) is 15.0 Å². The van der Waals surface area contributed by atoms with Gasteiger partial charge in [-0.3, -0.25) is 4.79 Å². The van der Waals surface area contributed by atoms with Crippen LogP contribution in [0, 0.1) is 6.92 Å². The van der Waals surface area contributed by atoms with Gasteiger partial charge in [0.2, 0.25) is 0 Å². The van der Waals surface area contributed by atoms with E-state index in [1.54, 1.807) is 0 Å². The fourth-order valence-electron chi connectivity index (χ4n) is 2.50. The van der Waals surface area contributed by atoms with Crippen molar-refractivity contribution >= 4 is 44.8 Å². The van der Waals surface area contributed by atoms with Gasteiger partial charge in [-0.05, 0) is 55.5 Å². The summed E-state index contributed by atoms with van der Waals surface area (Å²) in [4.78, 5) is 25.7. The summed E-state index contributed by atoms with van der Waals surface area (Å²) in [7, 11) is 0. The Labute approximate surface area is 147 Å². The summed E-state index contributed by atoms with van der Waals surface area (Å²) >= 11 is 4.89. The molecule has 1 aliphatic rings. The largest absolute Gasteiger partial charge is 0.451 e. The molecule has 0 saturated carbocycles. The first-order valence-corrected chi connectivity index (χ1v) is 8.98. The molecule has 23 heavy (non-hydrogen) atoms. The third-order valence-electron chi connectivity index (χ3n) is 3.74. The molecule has 1 aliphatic carbocycles. The number of amides is 1. The van der Waals surface area contributed by atoms with E-state index in [0.29, 0.717) is 10.6 Å². The number of nitrogens with one attached hydrogen (secondary N) is 1. The Balaban J connectivity index is 1.53. The highest BCUT2D eigenvalue weighted by molar-refractivity contribution is 9.10. The summed E-state index contributed by atoms with van der Waals surface area (Å²) in [5.74, 6) is -0.775. The molecule has 0 atom stereocenters. The molecule has 0 radical (unpaired) electrons. The van der Waals surface area contributed by atoms with Gasteiger partial charge in [0.1, 0.15) is 4.88 Å². The molecule has 4 nitrogen and oxygen atoms in total. The molecule has 3 rings (SSSR count). The van der Waals surface area contributed by atoms with E-state index in [1.807, 2.05) is 31.2 Å². The number of anilines is 1. The van der Waals surface area contributed by atoms with Gasteiger partial charge in [-0.1, -0.05) is 22.0 Å². The van der Waals surface area contributed by atoms with Crippen LogP contribution in [0.5, 0.6) is 0 Å². The van der Waals surface area contributed by atoms with Gasteiger partial charge < -0.3 is 10.1 Å². The van der Waals surface area contributed by atoms with Crippen LogP contribution in [0.2, 0.25) is 0 Å². The smallest absolute Gasteiger partial charge is 0.348 e. The zero-order valence-corrected chi connectivity index (χ0v) is 15.1. The minimum Gasteiger partial charge on any atom is -0.451 e. The molecule has 0 aliphatic heterocycles. The second-order valence-corrected chi connectivity index (χ2v) is 7.49. The van der Waals surface area contributed by atoms with Crippen molar-refractivity contribution in [2.45, 2.75) is 26.2 Å². The van der Waals surface area contributed by atoms with Crippen molar-refractivity contribution in [2.75, 3.05) is 11.9 Å². The number of aryl methyl sites for hydroxylation is 3. The van der Waals surface area contributed by atoms with Crippen LogP contribution in [0.15, 0.2) is 28.7 Å². The van der Waals surface area contributed by atoms with E-state index in [-0.39, 0.29) is 12.5 Å². The molecule has 0 bridgehead atoms. The molecule has 1 heterocycles. The molecule has 120 valence electrons. The molecule has 0 saturated heterocycles. The van der Waals surface area contributed by atoms with Crippen molar-refractivity contribution in [1.82, 2.24) is 0 Å². The van der Waals surface area contributed by atoms with Crippen LogP contribution >= 0.6 is 27.3 Å².